The van der Waals surface area contributed by atoms with E-state index in [2.05, 4.69) is 15.3 Å². The second-order valence-electron chi connectivity index (χ2n) is 4.07. The number of aromatic nitrogens is 2. The van der Waals surface area contributed by atoms with Crippen LogP contribution < -0.4 is 10.1 Å². The molecule has 1 aromatic heterocycles. The average Bonchev–Trinajstić information content (AvgIpc) is 2.42. The topological polar surface area (TPSA) is 47.0 Å². The van der Waals surface area contributed by atoms with Gasteiger partial charge in [-0.3, -0.25) is 0 Å². The van der Waals surface area contributed by atoms with Gasteiger partial charge in [0, 0.05) is 6.54 Å². The van der Waals surface area contributed by atoms with Crippen molar-refractivity contribution in [2.75, 3.05) is 11.9 Å². The van der Waals surface area contributed by atoms with Crippen LogP contribution in [0.2, 0.25) is 5.02 Å². The molecule has 1 N–H and O–H groups in total. The lowest BCUT2D eigenvalue weighted by Gasteiger charge is -2.13. The van der Waals surface area contributed by atoms with E-state index in [9.17, 15) is 4.39 Å². The maximum Gasteiger partial charge on any atom is 0.227 e. The Bertz CT molecular complexity index is 607. The lowest BCUT2D eigenvalue weighted by molar-refractivity contribution is 0.454. The molecule has 6 heteroatoms. The lowest BCUT2D eigenvalue weighted by atomic mass is 10.2. The molecular weight excluding hydrogens is 281 g/mol. The van der Waals surface area contributed by atoms with Gasteiger partial charge in [0.15, 0.2) is 0 Å². The highest BCUT2D eigenvalue weighted by molar-refractivity contribution is 6.32. The van der Waals surface area contributed by atoms with Gasteiger partial charge >= 0.3 is 0 Å². The first kappa shape index (κ1) is 14.5. The summed E-state index contributed by atoms with van der Waals surface area (Å²) in [5, 5.41) is 3.36. The minimum absolute atomic E-state index is 0.204. The molecule has 1 aromatic carbocycles. The van der Waals surface area contributed by atoms with E-state index in [4.69, 9.17) is 16.3 Å². The number of nitrogens with zero attached hydrogens (tertiary/aromatic N) is 2. The van der Waals surface area contributed by atoms with Crippen molar-refractivity contribution in [2.45, 2.75) is 20.3 Å². The van der Waals surface area contributed by atoms with Crippen LogP contribution in [0.4, 0.5) is 10.2 Å². The third-order valence-corrected chi connectivity index (χ3v) is 3.00. The number of benzene rings is 1. The Morgan fingerprint density at radius 1 is 1.30 bits per heavy atom. The summed E-state index contributed by atoms with van der Waals surface area (Å²) < 4.78 is 18.7. The molecule has 106 valence electrons. The van der Waals surface area contributed by atoms with E-state index in [-0.39, 0.29) is 5.02 Å². The Kier molecular flexibility index (Phi) is 4.74. The molecular formula is C14H15ClFN3O. The highest BCUT2D eigenvalue weighted by Gasteiger charge is 2.13. The van der Waals surface area contributed by atoms with E-state index in [0.29, 0.717) is 18.1 Å². The summed E-state index contributed by atoms with van der Waals surface area (Å²) >= 11 is 5.95. The smallest absolute Gasteiger partial charge is 0.227 e. The van der Waals surface area contributed by atoms with Crippen molar-refractivity contribution in [3.63, 3.8) is 0 Å². The fourth-order valence-electron chi connectivity index (χ4n) is 1.78. The van der Waals surface area contributed by atoms with Crippen LogP contribution >= 0.6 is 11.6 Å². The van der Waals surface area contributed by atoms with Crippen LogP contribution in [-0.2, 0) is 6.42 Å². The highest BCUT2D eigenvalue weighted by atomic mass is 35.5. The molecule has 2 rings (SSSR count). The molecule has 1 heterocycles. The van der Waals surface area contributed by atoms with Gasteiger partial charge in [0.05, 0.1) is 10.6 Å². The van der Waals surface area contributed by atoms with Gasteiger partial charge in [-0.05, 0) is 31.5 Å². The van der Waals surface area contributed by atoms with Crippen molar-refractivity contribution in [3.05, 3.63) is 40.9 Å². The SMILES string of the molecule is CCNc1ncnc(Oc2ccc(F)cc2Cl)c1CC. The number of anilines is 1. The largest absolute Gasteiger partial charge is 0.437 e. The van der Waals surface area contributed by atoms with Gasteiger partial charge in [-0.1, -0.05) is 18.5 Å². The molecule has 20 heavy (non-hydrogen) atoms. The van der Waals surface area contributed by atoms with Gasteiger partial charge in [-0.15, -0.1) is 0 Å². The summed E-state index contributed by atoms with van der Waals surface area (Å²) in [4.78, 5) is 8.31. The molecule has 4 nitrogen and oxygen atoms in total. The van der Waals surface area contributed by atoms with E-state index in [1.807, 2.05) is 13.8 Å². The van der Waals surface area contributed by atoms with Crippen LogP contribution in [0.25, 0.3) is 0 Å². The van der Waals surface area contributed by atoms with Crippen LogP contribution in [0.15, 0.2) is 24.5 Å². The Balaban J connectivity index is 2.35. The van der Waals surface area contributed by atoms with Gasteiger partial charge in [0.1, 0.15) is 23.7 Å². The lowest BCUT2D eigenvalue weighted by Crippen LogP contribution is -2.05. The Labute approximate surface area is 122 Å². The summed E-state index contributed by atoms with van der Waals surface area (Å²) in [5.41, 5.74) is 0.856. The maximum absolute atomic E-state index is 13.0. The molecule has 0 atom stereocenters. The predicted octanol–water partition coefficient (Wildman–Crippen LogP) is 4.06. The molecule has 0 fully saturated rings. The van der Waals surface area contributed by atoms with E-state index < -0.39 is 5.82 Å². The van der Waals surface area contributed by atoms with Gasteiger partial charge in [0.25, 0.3) is 0 Å². The van der Waals surface area contributed by atoms with Gasteiger partial charge in [0.2, 0.25) is 5.88 Å². The first-order valence-corrected chi connectivity index (χ1v) is 6.74. The Morgan fingerprint density at radius 2 is 2.10 bits per heavy atom. The van der Waals surface area contributed by atoms with Gasteiger partial charge in [-0.2, -0.15) is 0 Å². The first-order valence-electron chi connectivity index (χ1n) is 6.36. The monoisotopic (exact) mass is 295 g/mol. The summed E-state index contributed by atoms with van der Waals surface area (Å²) in [6.07, 6.45) is 2.13. The summed E-state index contributed by atoms with van der Waals surface area (Å²) in [6.45, 7) is 4.72. The van der Waals surface area contributed by atoms with Gasteiger partial charge < -0.3 is 10.1 Å². The van der Waals surface area contributed by atoms with Crippen molar-refractivity contribution in [3.8, 4) is 11.6 Å². The van der Waals surface area contributed by atoms with Crippen LogP contribution in [0.1, 0.15) is 19.4 Å². The molecule has 0 radical (unpaired) electrons. The first-order chi connectivity index (χ1) is 9.65. The van der Waals surface area contributed by atoms with Crippen LogP contribution in [0.3, 0.4) is 0 Å². The number of ether oxygens (including phenoxy) is 1. The van der Waals surface area contributed by atoms with Crippen molar-refractivity contribution in [1.82, 2.24) is 9.97 Å². The molecule has 0 spiro atoms. The number of nitrogens with one attached hydrogen (secondary N) is 1. The van der Waals surface area contributed by atoms with Crippen molar-refractivity contribution in [1.29, 1.82) is 0 Å². The second-order valence-corrected chi connectivity index (χ2v) is 4.47. The molecule has 0 amide bonds. The number of hydrogen-bond donors (Lipinski definition) is 1. The van der Waals surface area contributed by atoms with Gasteiger partial charge in [-0.25, -0.2) is 14.4 Å². The van der Waals surface area contributed by atoms with Crippen molar-refractivity contribution < 1.29 is 9.13 Å². The molecule has 0 saturated heterocycles. The van der Waals surface area contributed by atoms with E-state index in [1.54, 1.807) is 0 Å². The van der Waals surface area contributed by atoms with Crippen molar-refractivity contribution >= 4 is 17.4 Å². The van der Waals surface area contributed by atoms with Crippen LogP contribution in [-0.4, -0.2) is 16.5 Å². The summed E-state index contributed by atoms with van der Waals surface area (Å²) in [7, 11) is 0. The minimum atomic E-state index is -0.408. The van der Waals surface area contributed by atoms with E-state index in [0.717, 1.165) is 17.9 Å². The molecule has 0 unspecified atom stereocenters. The fourth-order valence-corrected chi connectivity index (χ4v) is 1.99. The summed E-state index contributed by atoms with van der Waals surface area (Å²) in [6, 6.07) is 3.97. The maximum atomic E-state index is 13.0. The zero-order chi connectivity index (χ0) is 14.5. The third-order valence-electron chi connectivity index (χ3n) is 2.70. The highest BCUT2D eigenvalue weighted by Crippen LogP contribution is 2.32. The average molecular weight is 296 g/mol. The standard InChI is InChI=1S/C14H15ClFN3O/c1-3-10-13(17-4-2)18-8-19-14(10)20-12-6-5-9(16)7-11(12)15/h5-8H,3-4H2,1-2H3,(H,17,18,19). The quantitative estimate of drug-likeness (QED) is 0.904. The molecule has 0 saturated carbocycles. The molecule has 0 aliphatic rings. The molecule has 0 bridgehead atoms. The molecule has 0 aliphatic heterocycles. The number of rotatable bonds is 5. The predicted molar refractivity (Wildman–Crippen MR) is 77.1 cm³/mol. The third kappa shape index (κ3) is 3.17. The zero-order valence-electron chi connectivity index (χ0n) is 11.3. The zero-order valence-corrected chi connectivity index (χ0v) is 12.0. The molecule has 2 aromatic rings. The van der Waals surface area contributed by atoms with Crippen molar-refractivity contribution in [2.24, 2.45) is 0 Å². The summed E-state index contributed by atoms with van der Waals surface area (Å²) in [5.74, 6) is 1.11. The number of halogens is 2. The van der Waals surface area contributed by atoms with E-state index in [1.165, 1.54) is 24.5 Å². The Morgan fingerprint density at radius 3 is 2.75 bits per heavy atom. The molecule has 0 aliphatic carbocycles. The Hall–Kier alpha value is -1.88. The van der Waals surface area contributed by atoms with E-state index >= 15 is 0 Å². The normalized spacial score (nSPS) is 10.4. The fraction of sp³-hybridized carbons (Fsp3) is 0.286. The van der Waals surface area contributed by atoms with Crippen LogP contribution in [0, 0.1) is 5.82 Å². The number of hydrogen-bond acceptors (Lipinski definition) is 4. The second kappa shape index (κ2) is 6.52. The van der Waals surface area contributed by atoms with Crippen LogP contribution in [0.5, 0.6) is 11.6 Å². The minimum Gasteiger partial charge on any atom is -0.437 e.